The van der Waals surface area contributed by atoms with E-state index in [1.54, 1.807) is 6.26 Å². The van der Waals surface area contributed by atoms with Crippen molar-refractivity contribution in [3.63, 3.8) is 0 Å². The minimum Gasteiger partial charge on any atom is -0.449 e. The molecule has 0 aliphatic carbocycles. The molecule has 0 N–H and O–H groups in total. The summed E-state index contributed by atoms with van der Waals surface area (Å²) in [7, 11) is 0. The van der Waals surface area contributed by atoms with Crippen molar-refractivity contribution >= 4 is 0 Å². The summed E-state index contributed by atoms with van der Waals surface area (Å²) in [6, 6.07) is 0. The van der Waals surface area contributed by atoms with Crippen LogP contribution in [0.25, 0.3) is 0 Å². The maximum atomic E-state index is 5.20. The first-order valence-corrected chi connectivity index (χ1v) is 5.09. The van der Waals surface area contributed by atoms with E-state index >= 15 is 0 Å². The van der Waals surface area contributed by atoms with Crippen LogP contribution in [0.5, 0.6) is 0 Å². The van der Waals surface area contributed by atoms with Crippen LogP contribution in [-0.4, -0.2) is 4.98 Å². The van der Waals surface area contributed by atoms with Crippen molar-refractivity contribution in [1.82, 2.24) is 4.98 Å². The molecule has 1 rings (SSSR count). The van der Waals surface area contributed by atoms with Gasteiger partial charge in [0, 0.05) is 6.42 Å². The van der Waals surface area contributed by atoms with Gasteiger partial charge in [-0.25, -0.2) is 4.98 Å². The van der Waals surface area contributed by atoms with Gasteiger partial charge in [0.05, 0.1) is 5.69 Å². The monoisotopic (exact) mass is 180 g/mol. The molecule has 73 valence electrons. The van der Waals surface area contributed by atoms with Gasteiger partial charge in [0.1, 0.15) is 6.26 Å². The standard InChI is InChI=1S/C11H18NO/c1-3-5-6-7-8-10-9-13-11(4-2)12-10/h9H,2-8H2,1H3. The second-order valence-electron chi connectivity index (χ2n) is 3.29. The molecule has 0 saturated heterocycles. The Morgan fingerprint density at radius 3 is 2.85 bits per heavy atom. The van der Waals surface area contributed by atoms with E-state index in [9.17, 15) is 0 Å². The van der Waals surface area contributed by atoms with Gasteiger partial charge in [-0.1, -0.05) is 26.2 Å². The highest BCUT2D eigenvalue weighted by atomic mass is 16.3. The summed E-state index contributed by atoms with van der Waals surface area (Å²) in [5.74, 6) is 0.755. The fourth-order valence-corrected chi connectivity index (χ4v) is 1.31. The van der Waals surface area contributed by atoms with Crippen molar-refractivity contribution in [3.8, 4) is 0 Å². The van der Waals surface area contributed by atoms with Gasteiger partial charge in [-0.2, -0.15) is 0 Å². The first kappa shape index (κ1) is 10.3. The minimum atomic E-state index is 0.648. The van der Waals surface area contributed by atoms with Crippen molar-refractivity contribution in [1.29, 1.82) is 0 Å². The van der Waals surface area contributed by atoms with Gasteiger partial charge in [-0.3, -0.25) is 0 Å². The zero-order valence-electron chi connectivity index (χ0n) is 8.38. The van der Waals surface area contributed by atoms with Crippen molar-refractivity contribution in [2.75, 3.05) is 0 Å². The average molecular weight is 180 g/mol. The van der Waals surface area contributed by atoms with E-state index in [1.165, 1.54) is 25.7 Å². The molecular weight excluding hydrogens is 162 g/mol. The fourth-order valence-electron chi connectivity index (χ4n) is 1.31. The van der Waals surface area contributed by atoms with Gasteiger partial charge in [0.15, 0.2) is 5.89 Å². The molecule has 0 aliphatic heterocycles. The van der Waals surface area contributed by atoms with Crippen LogP contribution in [0.3, 0.4) is 0 Å². The number of aryl methyl sites for hydroxylation is 1. The predicted octanol–water partition coefficient (Wildman–Crippen LogP) is 3.17. The van der Waals surface area contributed by atoms with Gasteiger partial charge in [-0.15, -0.1) is 0 Å². The number of nitrogens with zero attached hydrogens (tertiary/aromatic N) is 1. The highest BCUT2D eigenvalue weighted by Crippen LogP contribution is 2.08. The van der Waals surface area contributed by atoms with E-state index in [-0.39, 0.29) is 0 Å². The van der Waals surface area contributed by atoms with Gasteiger partial charge in [-0.05, 0) is 19.8 Å². The number of aromatic nitrogens is 1. The summed E-state index contributed by atoms with van der Waals surface area (Å²) in [6.45, 7) is 5.94. The molecule has 0 atom stereocenters. The maximum absolute atomic E-state index is 5.20. The van der Waals surface area contributed by atoms with E-state index < -0.39 is 0 Å². The van der Waals surface area contributed by atoms with E-state index in [2.05, 4.69) is 18.8 Å². The molecule has 0 amide bonds. The Hall–Kier alpha value is -0.790. The normalized spacial score (nSPS) is 10.6. The Balaban J connectivity index is 2.20. The molecule has 2 heteroatoms. The lowest BCUT2D eigenvalue weighted by Crippen LogP contribution is -1.87. The van der Waals surface area contributed by atoms with Gasteiger partial charge >= 0.3 is 0 Å². The summed E-state index contributed by atoms with van der Waals surface area (Å²) in [5.41, 5.74) is 1.08. The molecule has 0 aromatic carbocycles. The van der Waals surface area contributed by atoms with Crippen molar-refractivity contribution in [2.24, 2.45) is 0 Å². The molecule has 1 radical (unpaired) electrons. The zero-order chi connectivity index (χ0) is 9.52. The highest BCUT2D eigenvalue weighted by molar-refractivity contribution is 4.97. The fraction of sp³-hybridized carbons (Fsp3) is 0.636. The Bertz CT molecular complexity index is 230. The van der Waals surface area contributed by atoms with Crippen LogP contribution >= 0.6 is 0 Å². The van der Waals surface area contributed by atoms with Crippen LogP contribution in [-0.2, 0) is 12.8 Å². The third kappa shape index (κ3) is 3.62. The quantitative estimate of drug-likeness (QED) is 0.628. The summed E-state index contributed by atoms with van der Waals surface area (Å²) in [6.07, 6.45) is 8.56. The molecular formula is C11H18NO. The van der Waals surface area contributed by atoms with Crippen LogP contribution < -0.4 is 0 Å². The molecule has 1 aromatic heterocycles. The van der Waals surface area contributed by atoms with Crippen molar-refractivity contribution in [2.45, 2.75) is 45.4 Å². The number of unbranched alkanes of at least 4 members (excludes halogenated alkanes) is 3. The summed E-state index contributed by atoms with van der Waals surface area (Å²) < 4.78 is 5.20. The molecule has 0 spiro atoms. The Morgan fingerprint density at radius 2 is 2.23 bits per heavy atom. The lowest BCUT2D eigenvalue weighted by molar-refractivity contribution is 0.507. The molecule has 0 saturated carbocycles. The van der Waals surface area contributed by atoms with Crippen LogP contribution in [0.2, 0.25) is 0 Å². The van der Waals surface area contributed by atoms with Crippen LogP contribution in [0.1, 0.15) is 44.2 Å². The SMILES string of the molecule is [CH2]Cc1nc(CCCCCC)co1. The maximum Gasteiger partial charge on any atom is 0.194 e. The Labute approximate surface area is 80.4 Å². The molecule has 0 aliphatic rings. The average Bonchev–Trinajstić information content (AvgIpc) is 2.60. The third-order valence-corrected chi connectivity index (χ3v) is 2.10. The molecule has 1 heterocycles. The first-order valence-electron chi connectivity index (χ1n) is 5.09. The number of rotatable bonds is 6. The topological polar surface area (TPSA) is 26.0 Å². The highest BCUT2D eigenvalue weighted by Gasteiger charge is 2.00. The smallest absolute Gasteiger partial charge is 0.194 e. The predicted molar refractivity (Wildman–Crippen MR) is 53.4 cm³/mol. The molecule has 0 unspecified atom stereocenters. The summed E-state index contributed by atoms with van der Waals surface area (Å²) in [4.78, 5) is 4.30. The second-order valence-corrected chi connectivity index (χ2v) is 3.29. The number of hydrogen-bond acceptors (Lipinski definition) is 2. The minimum absolute atomic E-state index is 0.648. The van der Waals surface area contributed by atoms with E-state index in [4.69, 9.17) is 4.42 Å². The van der Waals surface area contributed by atoms with Crippen molar-refractivity contribution < 1.29 is 4.42 Å². The zero-order valence-corrected chi connectivity index (χ0v) is 8.38. The largest absolute Gasteiger partial charge is 0.449 e. The van der Waals surface area contributed by atoms with E-state index in [0.29, 0.717) is 6.42 Å². The van der Waals surface area contributed by atoms with E-state index in [1.807, 2.05) is 0 Å². The molecule has 0 fully saturated rings. The molecule has 0 bridgehead atoms. The van der Waals surface area contributed by atoms with Gasteiger partial charge < -0.3 is 4.42 Å². The summed E-state index contributed by atoms with van der Waals surface area (Å²) in [5, 5.41) is 0. The third-order valence-electron chi connectivity index (χ3n) is 2.10. The van der Waals surface area contributed by atoms with Crippen molar-refractivity contribution in [3.05, 3.63) is 24.8 Å². The Morgan fingerprint density at radius 1 is 1.38 bits per heavy atom. The molecule has 13 heavy (non-hydrogen) atoms. The van der Waals surface area contributed by atoms with Gasteiger partial charge in [0.2, 0.25) is 0 Å². The lowest BCUT2D eigenvalue weighted by atomic mass is 10.1. The van der Waals surface area contributed by atoms with Crippen LogP contribution in [0.15, 0.2) is 10.7 Å². The summed E-state index contributed by atoms with van der Waals surface area (Å²) >= 11 is 0. The van der Waals surface area contributed by atoms with Gasteiger partial charge in [0.25, 0.3) is 0 Å². The van der Waals surface area contributed by atoms with E-state index in [0.717, 1.165) is 18.0 Å². The first-order chi connectivity index (χ1) is 6.36. The molecule has 1 aromatic rings. The lowest BCUT2D eigenvalue weighted by Gasteiger charge is -1.94. The number of oxazole rings is 1. The number of hydrogen-bond donors (Lipinski definition) is 0. The Kier molecular flexibility index (Phi) is 4.58. The molecule has 2 nitrogen and oxygen atoms in total. The van der Waals surface area contributed by atoms with Crippen LogP contribution in [0.4, 0.5) is 0 Å². The van der Waals surface area contributed by atoms with Crippen LogP contribution in [0, 0.1) is 6.92 Å². The second kappa shape index (κ2) is 5.79.